The van der Waals surface area contributed by atoms with Gasteiger partial charge in [-0.2, -0.15) is 0 Å². The lowest BCUT2D eigenvalue weighted by molar-refractivity contribution is -0.118. The van der Waals surface area contributed by atoms with Crippen LogP contribution in [0.3, 0.4) is 0 Å². The van der Waals surface area contributed by atoms with Gasteiger partial charge in [0.2, 0.25) is 11.0 Å². The first kappa shape index (κ1) is 14.6. The molecule has 0 aromatic carbocycles. The first-order chi connectivity index (χ1) is 8.36. The van der Waals surface area contributed by atoms with E-state index in [1.54, 1.807) is 12.2 Å². The van der Waals surface area contributed by atoms with Crippen molar-refractivity contribution < 1.29 is 14.7 Å². The fraction of sp³-hybridized carbons (Fsp3) is 0.385. The smallest absolute Gasteiger partial charge is 0.222 e. The van der Waals surface area contributed by atoms with E-state index >= 15 is 0 Å². The number of amides is 1. The Morgan fingerprint density at radius 2 is 2.22 bits per heavy atom. The Bertz CT molecular complexity index is 465. The first-order valence-electron chi connectivity index (χ1n) is 5.62. The van der Waals surface area contributed by atoms with Crippen molar-refractivity contribution in [2.75, 3.05) is 0 Å². The number of nitrogens with two attached hydrogens (primary N) is 1. The van der Waals surface area contributed by atoms with Crippen molar-refractivity contribution in [1.82, 2.24) is 0 Å². The van der Waals surface area contributed by atoms with Crippen LogP contribution in [0.4, 0.5) is 0 Å². The number of aliphatic hydroxyl groups is 1. The van der Waals surface area contributed by atoms with Crippen LogP contribution >= 0.6 is 11.8 Å². The summed E-state index contributed by atoms with van der Waals surface area (Å²) in [4.78, 5) is 22.8. The molecule has 0 spiro atoms. The van der Waals surface area contributed by atoms with E-state index in [0.29, 0.717) is 6.42 Å². The van der Waals surface area contributed by atoms with Crippen molar-refractivity contribution >= 4 is 22.8 Å². The normalized spacial score (nSPS) is 24.6. The third-order valence-electron chi connectivity index (χ3n) is 2.87. The van der Waals surface area contributed by atoms with Crippen molar-refractivity contribution in [2.24, 2.45) is 5.73 Å². The van der Waals surface area contributed by atoms with Gasteiger partial charge in [-0.05, 0) is 13.3 Å². The van der Waals surface area contributed by atoms with Gasteiger partial charge in [0.1, 0.15) is 5.76 Å². The molecule has 1 aliphatic rings. The summed E-state index contributed by atoms with van der Waals surface area (Å²) in [6.45, 7) is 7.36. The third kappa shape index (κ3) is 2.67. The number of thioether (sulfide) groups is 1. The van der Waals surface area contributed by atoms with Gasteiger partial charge >= 0.3 is 0 Å². The lowest BCUT2D eigenvalue weighted by Gasteiger charge is -2.22. The molecular formula is C13H17NO3S. The molecule has 5 heteroatoms. The molecule has 1 aliphatic heterocycles. The predicted octanol–water partition coefficient (Wildman–Crippen LogP) is 2.23. The summed E-state index contributed by atoms with van der Waals surface area (Å²) < 4.78 is -0.792. The third-order valence-corrected chi connectivity index (χ3v) is 4.26. The highest BCUT2D eigenvalue weighted by Crippen LogP contribution is 2.47. The van der Waals surface area contributed by atoms with Crippen molar-refractivity contribution in [1.29, 1.82) is 0 Å². The average molecular weight is 267 g/mol. The van der Waals surface area contributed by atoms with Crippen LogP contribution in [0, 0.1) is 0 Å². The van der Waals surface area contributed by atoms with Crippen LogP contribution in [-0.4, -0.2) is 20.9 Å². The molecule has 0 bridgehead atoms. The number of aliphatic hydroxyl groups excluding tert-OH is 1. The van der Waals surface area contributed by atoms with E-state index in [1.807, 2.05) is 13.8 Å². The second-order valence-electron chi connectivity index (χ2n) is 4.20. The zero-order valence-electron chi connectivity index (χ0n) is 10.5. The fourth-order valence-electron chi connectivity index (χ4n) is 1.82. The van der Waals surface area contributed by atoms with Gasteiger partial charge in [0.15, 0.2) is 0 Å². The molecule has 0 aromatic heterocycles. The minimum absolute atomic E-state index is 0.0556. The molecule has 0 saturated carbocycles. The highest BCUT2D eigenvalue weighted by atomic mass is 32.2. The van der Waals surface area contributed by atoms with Crippen LogP contribution in [0.1, 0.15) is 26.7 Å². The molecule has 98 valence electrons. The zero-order valence-corrected chi connectivity index (χ0v) is 11.3. The van der Waals surface area contributed by atoms with Crippen molar-refractivity contribution in [2.45, 2.75) is 31.4 Å². The van der Waals surface area contributed by atoms with Crippen LogP contribution in [0.2, 0.25) is 0 Å². The maximum Gasteiger partial charge on any atom is 0.222 e. The number of allylic oxidation sites excluding steroid dienone is 2. The summed E-state index contributed by atoms with van der Waals surface area (Å²) in [5.41, 5.74) is 6.06. The Morgan fingerprint density at radius 1 is 1.61 bits per heavy atom. The second-order valence-corrected chi connectivity index (χ2v) is 5.50. The van der Waals surface area contributed by atoms with Gasteiger partial charge in [0.05, 0.1) is 16.7 Å². The Hall–Kier alpha value is -1.49. The number of hydrogen-bond acceptors (Lipinski definition) is 4. The van der Waals surface area contributed by atoms with Gasteiger partial charge in [-0.25, -0.2) is 0 Å². The summed E-state index contributed by atoms with van der Waals surface area (Å²) >= 11 is 1.02. The lowest BCUT2D eigenvalue weighted by atomic mass is 9.96. The maximum absolute atomic E-state index is 11.8. The lowest BCUT2D eigenvalue weighted by Crippen LogP contribution is -2.22. The molecule has 1 rings (SSSR count). The molecule has 1 atom stereocenters. The van der Waals surface area contributed by atoms with E-state index in [2.05, 4.69) is 6.58 Å². The van der Waals surface area contributed by atoms with Crippen molar-refractivity contribution in [3.63, 3.8) is 0 Å². The molecule has 4 nitrogen and oxygen atoms in total. The summed E-state index contributed by atoms with van der Waals surface area (Å²) in [6.07, 6.45) is 3.77. The number of hydrogen-bond donors (Lipinski definition) is 2. The van der Waals surface area contributed by atoms with Crippen molar-refractivity contribution in [3.8, 4) is 0 Å². The minimum atomic E-state index is -0.792. The fourth-order valence-corrected chi connectivity index (χ4v) is 3.06. The predicted molar refractivity (Wildman–Crippen MR) is 73.0 cm³/mol. The molecular weight excluding hydrogens is 250 g/mol. The highest BCUT2D eigenvalue weighted by molar-refractivity contribution is 8.16. The van der Waals surface area contributed by atoms with Crippen LogP contribution in [-0.2, 0) is 9.59 Å². The quantitative estimate of drug-likeness (QED) is 0.748. The minimum Gasteiger partial charge on any atom is -0.510 e. The molecule has 0 aliphatic carbocycles. The molecule has 1 amide bonds. The average Bonchev–Trinajstić information content (AvgIpc) is 2.53. The monoisotopic (exact) mass is 267 g/mol. The first-order valence-corrected chi connectivity index (χ1v) is 6.44. The Balaban J connectivity index is 3.25. The van der Waals surface area contributed by atoms with Gasteiger partial charge < -0.3 is 10.8 Å². The van der Waals surface area contributed by atoms with Gasteiger partial charge in [-0.15, -0.1) is 0 Å². The van der Waals surface area contributed by atoms with Crippen molar-refractivity contribution in [3.05, 3.63) is 35.6 Å². The summed E-state index contributed by atoms with van der Waals surface area (Å²) in [6, 6.07) is 0. The van der Waals surface area contributed by atoms with Gasteiger partial charge in [-0.3, -0.25) is 9.59 Å². The molecule has 0 radical (unpaired) electrons. The number of rotatable bonds is 5. The van der Waals surface area contributed by atoms with E-state index in [-0.39, 0.29) is 22.9 Å². The van der Waals surface area contributed by atoms with E-state index in [4.69, 9.17) is 5.73 Å². The molecule has 0 fully saturated rings. The summed E-state index contributed by atoms with van der Waals surface area (Å²) in [5, 5.41) is 9.92. The van der Waals surface area contributed by atoms with Gasteiger partial charge in [-0.1, -0.05) is 43.0 Å². The largest absolute Gasteiger partial charge is 0.510 e. The van der Waals surface area contributed by atoms with E-state index in [1.165, 1.54) is 0 Å². The van der Waals surface area contributed by atoms with Crippen LogP contribution in [0.15, 0.2) is 35.6 Å². The molecule has 0 saturated heterocycles. The molecule has 1 unspecified atom stereocenters. The highest BCUT2D eigenvalue weighted by Gasteiger charge is 2.44. The van der Waals surface area contributed by atoms with Crippen LogP contribution in [0.5, 0.6) is 0 Å². The van der Waals surface area contributed by atoms with Crippen LogP contribution in [0.25, 0.3) is 0 Å². The van der Waals surface area contributed by atoms with E-state index in [9.17, 15) is 14.7 Å². The molecule has 0 aromatic rings. The summed E-state index contributed by atoms with van der Waals surface area (Å²) in [5.74, 6) is -0.679. The Morgan fingerprint density at radius 3 is 2.67 bits per heavy atom. The van der Waals surface area contributed by atoms with Crippen LogP contribution < -0.4 is 5.73 Å². The number of primary amides is 1. The Kier molecular flexibility index (Phi) is 4.40. The standard InChI is InChI=1S/C13H17NO3S/c1-4-8(3)7-13(5-2)11(16)9(6-10(14)15)12(17)18-13/h4,7,16H,1,5-6H2,2-3H3,(H2,14,15)/b8-7+. The molecule has 18 heavy (non-hydrogen) atoms. The van der Waals surface area contributed by atoms with E-state index in [0.717, 1.165) is 17.3 Å². The SMILES string of the molecule is C=C/C(C)=C/C1(CC)SC(=O)C(CC(N)=O)=C1O. The number of carbonyl (C=O) groups excluding carboxylic acids is 2. The van der Waals surface area contributed by atoms with Gasteiger partial charge in [0.25, 0.3) is 0 Å². The second kappa shape index (κ2) is 5.44. The van der Waals surface area contributed by atoms with Gasteiger partial charge in [0, 0.05) is 0 Å². The zero-order chi connectivity index (χ0) is 13.9. The Labute approximate surface area is 111 Å². The van der Waals surface area contributed by atoms with E-state index < -0.39 is 10.7 Å². The molecule has 1 heterocycles. The summed E-state index contributed by atoms with van der Waals surface area (Å²) in [7, 11) is 0. The maximum atomic E-state index is 11.8. The number of carbonyl (C=O) groups is 2. The molecule has 3 N–H and O–H groups in total. The topological polar surface area (TPSA) is 80.4 Å².